The van der Waals surface area contributed by atoms with Gasteiger partial charge in [0.05, 0.1) is 12.1 Å². The lowest BCUT2D eigenvalue weighted by Crippen LogP contribution is -2.30. The molecule has 4 aromatic rings. The first-order valence-corrected chi connectivity index (χ1v) is 13.2. The largest absolute Gasteiger partial charge is 0.488 e. The van der Waals surface area contributed by atoms with Gasteiger partial charge in [0, 0.05) is 27.7 Å². The Kier molecular flexibility index (Phi) is 7.84. The minimum atomic E-state index is -0.412. The summed E-state index contributed by atoms with van der Waals surface area (Å²) >= 11 is 3.55. The number of ketones is 1. The molecule has 1 saturated heterocycles. The second-order valence-corrected chi connectivity index (χ2v) is 10.0. The van der Waals surface area contributed by atoms with Crippen molar-refractivity contribution in [3.8, 4) is 5.75 Å². The van der Waals surface area contributed by atoms with E-state index in [1.54, 1.807) is 4.90 Å². The number of nitrogens with zero attached hydrogens (tertiary/aromatic N) is 1. The molecule has 1 aliphatic heterocycles. The van der Waals surface area contributed by atoms with Gasteiger partial charge in [0.25, 0.3) is 0 Å². The first kappa shape index (κ1) is 25.7. The highest BCUT2D eigenvalue weighted by Crippen LogP contribution is 2.41. The van der Waals surface area contributed by atoms with Crippen molar-refractivity contribution in [1.29, 1.82) is 0 Å². The lowest BCUT2D eigenvalue weighted by atomic mass is 9.93. The molecule has 0 saturated carbocycles. The van der Waals surface area contributed by atoms with Crippen LogP contribution in [0.3, 0.4) is 0 Å². The van der Waals surface area contributed by atoms with Crippen LogP contribution in [0.2, 0.25) is 0 Å². The van der Waals surface area contributed by atoms with Crippen LogP contribution in [0.15, 0.2) is 108 Å². The molecule has 1 fully saturated rings. The molecule has 1 heterocycles. The summed E-state index contributed by atoms with van der Waals surface area (Å²) in [4.78, 5) is 27.9. The Balaban J connectivity index is 1.46. The minimum Gasteiger partial charge on any atom is -0.488 e. The van der Waals surface area contributed by atoms with Crippen molar-refractivity contribution in [2.45, 2.75) is 31.5 Å². The number of anilines is 1. The van der Waals surface area contributed by atoms with Gasteiger partial charge in [-0.25, -0.2) is 9.18 Å². The zero-order chi connectivity index (χ0) is 26.5. The predicted octanol–water partition coefficient (Wildman–Crippen LogP) is 7.47. The summed E-state index contributed by atoms with van der Waals surface area (Å²) in [5, 5.41) is 3.09. The van der Waals surface area contributed by atoms with E-state index in [0.717, 1.165) is 21.3 Å². The summed E-state index contributed by atoms with van der Waals surface area (Å²) in [5.74, 6) is 0.162. The molecule has 0 radical (unpaired) electrons. The summed E-state index contributed by atoms with van der Waals surface area (Å²) < 4.78 is 20.5. The molecule has 5 rings (SSSR count). The topological polar surface area (TPSA) is 58.6 Å². The highest BCUT2D eigenvalue weighted by molar-refractivity contribution is 9.10. The summed E-state index contributed by atoms with van der Waals surface area (Å²) in [6.07, 6.45) is 0.608. The molecule has 5 nitrogen and oxygen atoms in total. The van der Waals surface area contributed by atoms with Crippen molar-refractivity contribution in [3.05, 3.63) is 130 Å². The van der Waals surface area contributed by atoms with Crippen LogP contribution in [0.4, 0.5) is 14.9 Å². The number of amides is 2. The lowest BCUT2D eigenvalue weighted by molar-refractivity contribution is 0.0976. The molecule has 2 amide bonds. The van der Waals surface area contributed by atoms with Crippen LogP contribution in [-0.2, 0) is 6.61 Å². The Bertz CT molecular complexity index is 1410. The van der Waals surface area contributed by atoms with E-state index in [-0.39, 0.29) is 30.1 Å². The van der Waals surface area contributed by atoms with E-state index < -0.39 is 6.04 Å². The number of carbonyl (C=O) groups excluding carboxylic acids is 2. The minimum absolute atomic E-state index is 0.104. The third-order valence-corrected chi connectivity index (χ3v) is 7.09. The fourth-order valence-corrected chi connectivity index (χ4v) is 5.09. The predicted molar refractivity (Wildman–Crippen MR) is 149 cm³/mol. The fourth-order valence-electron chi connectivity index (χ4n) is 4.75. The molecule has 0 bridgehead atoms. The van der Waals surface area contributed by atoms with Gasteiger partial charge in [0.1, 0.15) is 18.2 Å². The van der Waals surface area contributed by atoms with E-state index in [9.17, 15) is 14.0 Å². The second kappa shape index (κ2) is 11.6. The number of halogens is 2. The number of Topliss-reactive ketones (excluding diaryl/α,β-unsaturated/α-hetero) is 1. The summed E-state index contributed by atoms with van der Waals surface area (Å²) in [6, 6.07) is 29.7. The molecule has 1 N–H and O–H groups in total. The van der Waals surface area contributed by atoms with Crippen LogP contribution in [0.5, 0.6) is 5.75 Å². The lowest BCUT2D eigenvalue weighted by Gasteiger charge is -2.28. The number of para-hydroxylation sites is 1. The monoisotopic (exact) mass is 572 g/mol. The average molecular weight is 573 g/mol. The Hall–Kier alpha value is -3.97. The van der Waals surface area contributed by atoms with Crippen molar-refractivity contribution in [2.24, 2.45) is 0 Å². The Morgan fingerprint density at radius 2 is 1.61 bits per heavy atom. The number of hydrogen-bond donors (Lipinski definition) is 1. The number of urea groups is 1. The third-order valence-electron chi connectivity index (χ3n) is 6.60. The SMILES string of the molecule is O=C(CC[C@@H]1NC(=O)N(c2ccccc2)[C@@H]1c1ccc(Br)cc1OCc1ccccc1)c1ccc(F)cc1. The van der Waals surface area contributed by atoms with Crippen LogP contribution in [0, 0.1) is 5.82 Å². The maximum atomic E-state index is 13.3. The molecule has 2 atom stereocenters. The molecule has 1 aliphatic rings. The van der Waals surface area contributed by atoms with E-state index in [0.29, 0.717) is 24.3 Å². The molecule has 0 unspecified atom stereocenters. The first-order chi connectivity index (χ1) is 18.5. The van der Waals surface area contributed by atoms with Gasteiger partial charge in [0.15, 0.2) is 5.78 Å². The number of hydrogen-bond acceptors (Lipinski definition) is 3. The van der Waals surface area contributed by atoms with Crippen molar-refractivity contribution in [3.63, 3.8) is 0 Å². The molecule has 0 aliphatic carbocycles. The summed E-state index contributed by atoms with van der Waals surface area (Å²) in [5.41, 5.74) is 3.06. The molecule has 0 spiro atoms. The highest BCUT2D eigenvalue weighted by atomic mass is 79.9. The number of nitrogens with one attached hydrogen (secondary N) is 1. The Morgan fingerprint density at radius 1 is 0.921 bits per heavy atom. The van der Waals surface area contributed by atoms with Gasteiger partial charge in [-0.2, -0.15) is 0 Å². The second-order valence-electron chi connectivity index (χ2n) is 9.13. The van der Waals surface area contributed by atoms with Crippen molar-refractivity contribution in [2.75, 3.05) is 4.90 Å². The number of benzene rings is 4. The van der Waals surface area contributed by atoms with Gasteiger partial charge in [0.2, 0.25) is 0 Å². The van der Waals surface area contributed by atoms with Gasteiger partial charge in [-0.1, -0.05) is 70.5 Å². The van der Waals surface area contributed by atoms with Gasteiger partial charge < -0.3 is 10.1 Å². The smallest absolute Gasteiger partial charge is 0.322 e. The van der Waals surface area contributed by atoms with Crippen molar-refractivity contribution in [1.82, 2.24) is 5.32 Å². The van der Waals surface area contributed by atoms with Crippen LogP contribution in [-0.4, -0.2) is 17.9 Å². The van der Waals surface area contributed by atoms with Crippen LogP contribution in [0.25, 0.3) is 0 Å². The molecule has 0 aromatic heterocycles. The molecule has 192 valence electrons. The van der Waals surface area contributed by atoms with E-state index in [1.165, 1.54) is 24.3 Å². The maximum absolute atomic E-state index is 13.3. The van der Waals surface area contributed by atoms with E-state index in [2.05, 4.69) is 21.2 Å². The molecule has 4 aromatic carbocycles. The normalized spacial score (nSPS) is 16.8. The fraction of sp³-hybridized carbons (Fsp3) is 0.161. The highest BCUT2D eigenvalue weighted by Gasteiger charge is 2.42. The van der Waals surface area contributed by atoms with Gasteiger partial charge >= 0.3 is 6.03 Å². The van der Waals surface area contributed by atoms with Crippen LogP contribution < -0.4 is 15.0 Å². The third kappa shape index (κ3) is 5.78. The standard InChI is InChI=1S/C31H26BrFN2O3/c32-23-13-16-26(29(19-23)38-20-21-7-3-1-4-8-21)30-27(17-18-28(36)22-11-14-24(33)15-12-22)34-31(37)35(30)25-9-5-2-6-10-25/h1-16,19,27,30H,17-18,20H2,(H,34,37)/t27-,30+/m0/s1. The number of ether oxygens (including phenoxy) is 1. The zero-order valence-electron chi connectivity index (χ0n) is 20.5. The Morgan fingerprint density at radius 3 is 2.32 bits per heavy atom. The molecular formula is C31H26BrFN2O3. The van der Waals surface area contributed by atoms with Gasteiger partial charge in [-0.3, -0.25) is 9.69 Å². The van der Waals surface area contributed by atoms with Crippen molar-refractivity contribution >= 4 is 33.4 Å². The maximum Gasteiger partial charge on any atom is 0.322 e. The van der Waals surface area contributed by atoms with Gasteiger partial charge in [-0.15, -0.1) is 0 Å². The van der Waals surface area contributed by atoms with E-state index in [4.69, 9.17) is 4.74 Å². The molecule has 7 heteroatoms. The van der Waals surface area contributed by atoms with E-state index in [1.807, 2.05) is 78.9 Å². The average Bonchev–Trinajstić information content (AvgIpc) is 3.27. The molecular weight excluding hydrogens is 547 g/mol. The Labute approximate surface area is 229 Å². The van der Waals surface area contributed by atoms with Crippen molar-refractivity contribution < 1.29 is 18.7 Å². The molecule has 38 heavy (non-hydrogen) atoms. The first-order valence-electron chi connectivity index (χ1n) is 12.4. The summed E-state index contributed by atoms with van der Waals surface area (Å²) in [7, 11) is 0. The zero-order valence-corrected chi connectivity index (χ0v) is 22.1. The van der Waals surface area contributed by atoms with Crippen LogP contribution >= 0.6 is 15.9 Å². The quantitative estimate of drug-likeness (QED) is 0.212. The van der Waals surface area contributed by atoms with E-state index >= 15 is 0 Å². The number of rotatable bonds is 9. The number of carbonyl (C=O) groups is 2. The van der Waals surface area contributed by atoms with Gasteiger partial charge in [-0.05, 0) is 60.5 Å². The summed E-state index contributed by atoms with van der Waals surface area (Å²) in [6.45, 7) is 0.372. The van der Waals surface area contributed by atoms with Crippen LogP contribution in [0.1, 0.15) is 40.4 Å².